The summed E-state index contributed by atoms with van der Waals surface area (Å²) >= 11 is 0. The molecule has 0 radical (unpaired) electrons. The van der Waals surface area contributed by atoms with Gasteiger partial charge in [0, 0.05) is 24.6 Å². The van der Waals surface area contributed by atoms with Crippen molar-refractivity contribution in [3.63, 3.8) is 0 Å². The van der Waals surface area contributed by atoms with Gasteiger partial charge in [-0.2, -0.15) is 0 Å². The third-order valence-corrected chi connectivity index (χ3v) is 5.52. The fourth-order valence-electron chi connectivity index (χ4n) is 2.29. The van der Waals surface area contributed by atoms with E-state index in [0.29, 0.717) is 11.3 Å². The number of rotatable bonds is 10. The minimum Gasteiger partial charge on any atom is -0.468 e. The first-order valence-electron chi connectivity index (χ1n) is 9.01. The van der Waals surface area contributed by atoms with Crippen molar-refractivity contribution in [3.05, 3.63) is 54.0 Å². The van der Waals surface area contributed by atoms with Crippen LogP contribution in [0.3, 0.4) is 0 Å². The predicted octanol–water partition coefficient (Wildman–Crippen LogP) is 1.79. The van der Waals surface area contributed by atoms with Crippen molar-refractivity contribution >= 4 is 21.8 Å². The van der Waals surface area contributed by atoms with E-state index in [-0.39, 0.29) is 42.3 Å². The lowest BCUT2D eigenvalue weighted by Gasteiger charge is -2.11. The molecule has 0 saturated carbocycles. The molecule has 9 heteroatoms. The molecule has 1 unspecified atom stereocenters. The SMILES string of the molecule is CCC(C)NC(=O)CCNC(=O)c1ccc(S(=O)(=O)NCc2ccco2)cc1. The molecule has 0 aliphatic rings. The van der Waals surface area contributed by atoms with Crippen molar-refractivity contribution in [2.75, 3.05) is 6.54 Å². The molecule has 2 aromatic rings. The Labute approximate surface area is 164 Å². The highest BCUT2D eigenvalue weighted by molar-refractivity contribution is 7.89. The summed E-state index contributed by atoms with van der Waals surface area (Å²) in [6, 6.07) is 9.00. The Bertz CT molecular complexity index is 877. The molecule has 1 aromatic heterocycles. The molecular formula is C19H25N3O5S. The number of amides is 2. The minimum absolute atomic E-state index is 0.0380. The van der Waals surface area contributed by atoms with E-state index < -0.39 is 10.0 Å². The smallest absolute Gasteiger partial charge is 0.251 e. The second kappa shape index (κ2) is 10.0. The van der Waals surface area contributed by atoms with Gasteiger partial charge < -0.3 is 15.1 Å². The van der Waals surface area contributed by atoms with Crippen molar-refractivity contribution in [3.8, 4) is 0 Å². The van der Waals surface area contributed by atoms with Crippen molar-refractivity contribution in [1.82, 2.24) is 15.4 Å². The van der Waals surface area contributed by atoms with Gasteiger partial charge in [-0.3, -0.25) is 9.59 Å². The maximum absolute atomic E-state index is 12.3. The predicted molar refractivity (Wildman–Crippen MR) is 104 cm³/mol. The van der Waals surface area contributed by atoms with E-state index in [1.807, 2.05) is 13.8 Å². The molecule has 2 amide bonds. The molecule has 0 fully saturated rings. The van der Waals surface area contributed by atoms with Gasteiger partial charge in [-0.1, -0.05) is 6.92 Å². The third-order valence-electron chi connectivity index (χ3n) is 4.10. The molecule has 0 spiro atoms. The number of nitrogens with one attached hydrogen (secondary N) is 3. The second-order valence-corrected chi connectivity index (χ2v) is 8.08. The quantitative estimate of drug-likeness (QED) is 0.555. The highest BCUT2D eigenvalue weighted by Crippen LogP contribution is 2.11. The molecule has 0 bridgehead atoms. The van der Waals surface area contributed by atoms with Crippen LogP contribution in [-0.2, 0) is 21.4 Å². The van der Waals surface area contributed by atoms with Gasteiger partial charge in [0.15, 0.2) is 0 Å². The van der Waals surface area contributed by atoms with E-state index in [0.717, 1.165) is 6.42 Å². The summed E-state index contributed by atoms with van der Waals surface area (Å²) < 4.78 is 32.1. The van der Waals surface area contributed by atoms with E-state index in [4.69, 9.17) is 4.42 Å². The first-order valence-corrected chi connectivity index (χ1v) is 10.5. The molecule has 28 heavy (non-hydrogen) atoms. The van der Waals surface area contributed by atoms with Crippen LogP contribution in [0.2, 0.25) is 0 Å². The van der Waals surface area contributed by atoms with Crippen LogP contribution in [0.15, 0.2) is 52.0 Å². The molecule has 1 atom stereocenters. The number of carbonyl (C=O) groups excluding carboxylic acids is 2. The Morgan fingerprint density at radius 2 is 1.86 bits per heavy atom. The molecule has 0 saturated heterocycles. The zero-order chi connectivity index (χ0) is 20.6. The Morgan fingerprint density at radius 3 is 2.46 bits per heavy atom. The van der Waals surface area contributed by atoms with Gasteiger partial charge in [0.1, 0.15) is 5.76 Å². The lowest BCUT2D eigenvalue weighted by atomic mass is 10.2. The highest BCUT2D eigenvalue weighted by atomic mass is 32.2. The maximum atomic E-state index is 12.3. The fraction of sp³-hybridized carbons (Fsp3) is 0.368. The molecule has 2 rings (SSSR count). The van der Waals surface area contributed by atoms with E-state index >= 15 is 0 Å². The van der Waals surface area contributed by atoms with Crippen LogP contribution < -0.4 is 15.4 Å². The molecule has 1 aromatic carbocycles. The molecule has 8 nitrogen and oxygen atoms in total. The average Bonchev–Trinajstić information content (AvgIpc) is 3.20. The molecule has 152 valence electrons. The zero-order valence-electron chi connectivity index (χ0n) is 15.9. The molecule has 0 aliphatic carbocycles. The Morgan fingerprint density at radius 1 is 1.14 bits per heavy atom. The number of carbonyl (C=O) groups is 2. The lowest BCUT2D eigenvalue weighted by molar-refractivity contribution is -0.121. The molecular weight excluding hydrogens is 382 g/mol. The lowest BCUT2D eigenvalue weighted by Crippen LogP contribution is -2.35. The number of sulfonamides is 1. The van der Waals surface area contributed by atoms with Gasteiger partial charge in [-0.05, 0) is 49.7 Å². The Kier molecular flexibility index (Phi) is 7.77. The highest BCUT2D eigenvalue weighted by Gasteiger charge is 2.15. The maximum Gasteiger partial charge on any atom is 0.251 e. The topological polar surface area (TPSA) is 118 Å². The standard InChI is InChI=1S/C19H25N3O5S/c1-3-14(2)22-18(23)10-11-20-19(24)15-6-8-17(9-7-15)28(25,26)21-13-16-5-4-12-27-16/h4-9,12,14,21H,3,10-11,13H2,1-2H3,(H,20,24)(H,22,23). The summed E-state index contributed by atoms with van der Waals surface area (Å²) in [6.45, 7) is 4.13. The van der Waals surface area contributed by atoms with Crippen molar-refractivity contribution in [1.29, 1.82) is 0 Å². The van der Waals surface area contributed by atoms with E-state index in [1.165, 1.54) is 30.5 Å². The number of benzene rings is 1. The van der Waals surface area contributed by atoms with Crippen LogP contribution >= 0.6 is 0 Å². The monoisotopic (exact) mass is 407 g/mol. The number of hydrogen-bond acceptors (Lipinski definition) is 5. The Balaban J connectivity index is 1.85. The van der Waals surface area contributed by atoms with Crippen molar-refractivity contribution in [2.45, 2.75) is 44.2 Å². The minimum atomic E-state index is -3.72. The van der Waals surface area contributed by atoms with E-state index in [2.05, 4.69) is 15.4 Å². The molecule has 3 N–H and O–H groups in total. The van der Waals surface area contributed by atoms with Gasteiger partial charge in [0.05, 0.1) is 17.7 Å². The zero-order valence-corrected chi connectivity index (χ0v) is 16.7. The fourth-order valence-corrected chi connectivity index (χ4v) is 3.28. The third kappa shape index (κ3) is 6.50. The van der Waals surface area contributed by atoms with Crippen LogP contribution in [0.25, 0.3) is 0 Å². The number of hydrogen-bond donors (Lipinski definition) is 3. The van der Waals surface area contributed by atoms with Crippen LogP contribution in [0.1, 0.15) is 42.8 Å². The van der Waals surface area contributed by atoms with Gasteiger partial charge in [0.2, 0.25) is 15.9 Å². The van der Waals surface area contributed by atoms with Crippen LogP contribution in [-0.4, -0.2) is 32.8 Å². The van der Waals surface area contributed by atoms with E-state index in [1.54, 1.807) is 12.1 Å². The number of furan rings is 1. The van der Waals surface area contributed by atoms with Crippen LogP contribution in [0.5, 0.6) is 0 Å². The van der Waals surface area contributed by atoms with Gasteiger partial charge in [0.25, 0.3) is 5.91 Å². The van der Waals surface area contributed by atoms with Crippen molar-refractivity contribution < 1.29 is 22.4 Å². The van der Waals surface area contributed by atoms with Crippen LogP contribution in [0.4, 0.5) is 0 Å². The first-order chi connectivity index (χ1) is 13.3. The summed E-state index contributed by atoms with van der Waals surface area (Å²) in [5.74, 6) is -0.000467. The summed E-state index contributed by atoms with van der Waals surface area (Å²) in [6.07, 6.45) is 2.48. The molecule has 0 aliphatic heterocycles. The average molecular weight is 407 g/mol. The second-order valence-electron chi connectivity index (χ2n) is 6.31. The van der Waals surface area contributed by atoms with E-state index in [9.17, 15) is 18.0 Å². The van der Waals surface area contributed by atoms with Crippen LogP contribution in [0, 0.1) is 0 Å². The summed E-state index contributed by atoms with van der Waals surface area (Å²) in [4.78, 5) is 23.9. The van der Waals surface area contributed by atoms with Gasteiger partial charge in [-0.15, -0.1) is 0 Å². The summed E-state index contributed by atoms with van der Waals surface area (Å²) in [7, 11) is -3.72. The first kappa shape index (κ1) is 21.6. The summed E-state index contributed by atoms with van der Waals surface area (Å²) in [5, 5.41) is 5.46. The normalized spacial score (nSPS) is 12.4. The molecule has 1 heterocycles. The van der Waals surface area contributed by atoms with Gasteiger partial charge in [-0.25, -0.2) is 13.1 Å². The summed E-state index contributed by atoms with van der Waals surface area (Å²) in [5.41, 5.74) is 0.312. The van der Waals surface area contributed by atoms with Gasteiger partial charge >= 0.3 is 0 Å². The van der Waals surface area contributed by atoms with Crippen molar-refractivity contribution in [2.24, 2.45) is 0 Å². The Hall–Kier alpha value is -2.65. The largest absolute Gasteiger partial charge is 0.468 e.